The van der Waals surface area contributed by atoms with Crippen LogP contribution in [0.2, 0.25) is 0 Å². The largest absolute Gasteiger partial charge is 0.512 e. The quantitative estimate of drug-likeness (QED) is 0.529. The van der Waals surface area contributed by atoms with Crippen molar-refractivity contribution in [3.05, 3.63) is 66.7 Å². The van der Waals surface area contributed by atoms with E-state index < -0.39 is 0 Å². The molecule has 0 saturated carbocycles. The van der Waals surface area contributed by atoms with Gasteiger partial charge in [0.1, 0.15) is 0 Å². The number of benzene rings is 2. The minimum absolute atomic E-state index is 1.19. The van der Waals surface area contributed by atoms with E-state index in [9.17, 15) is 0 Å². The second-order valence-electron chi connectivity index (χ2n) is 4.48. The van der Waals surface area contributed by atoms with Crippen LogP contribution in [0.25, 0.3) is 11.1 Å². The second-order valence-corrected chi connectivity index (χ2v) is 4.48. The van der Waals surface area contributed by atoms with Gasteiger partial charge in [-0.05, 0) is 29.5 Å². The van der Waals surface area contributed by atoms with Crippen LogP contribution in [0, 0.1) is 11.8 Å². The molecule has 0 aliphatic carbocycles. The zero-order chi connectivity index (χ0) is 13.9. The molecule has 1 nitrogen and oxygen atoms in total. The Morgan fingerprint density at radius 3 is 2.16 bits per heavy atom. The van der Waals surface area contributed by atoms with E-state index in [2.05, 4.69) is 61.5 Å². The van der Waals surface area contributed by atoms with E-state index in [4.69, 9.17) is 11.8 Å². The zero-order valence-corrected chi connectivity index (χ0v) is 11.5. The molecule has 0 aliphatic rings. The van der Waals surface area contributed by atoms with Gasteiger partial charge in [-0.2, -0.15) is 0 Å². The van der Waals surface area contributed by atoms with Crippen LogP contribution in [-0.2, 0) is 6.42 Å². The van der Waals surface area contributed by atoms with Crippen molar-refractivity contribution in [3.63, 3.8) is 0 Å². The Hall–Kier alpha value is -2.07. The Labute approximate surface area is 116 Å². The fourth-order valence-corrected chi connectivity index (χ4v) is 2.20. The molecule has 0 atom stereocenters. The molecule has 0 fully saturated rings. The summed E-state index contributed by atoms with van der Waals surface area (Å²) in [5, 5.41) is 6.25. The third-order valence-corrected chi connectivity index (χ3v) is 3.15. The van der Waals surface area contributed by atoms with E-state index >= 15 is 0 Å². The molecular weight excluding hydrogens is 230 g/mol. The molecule has 2 aromatic rings. The van der Waals surface area contributed by atoms with E-state index in [1.807, 2.05) is 0 Å². The summed E-state index contributed by atoms with van der Waals surface area (Å²) in [4.78, 5) is 0. The van der Waals surface area contributed by atoms with Gasteiger partial charge in [-0.15, -0.1) is 0 Å². The Morgan fingerprint density at radius 2 is 1.47 bits per heavy atom. The van der Waals surface area contributed by atoms with Gasteiger partial charge in [0, 0.05) is 0 Å². The van der Waals surface area contributed by atoms with Crippen LogP contribution < -0.4 is 0 Å². The van der Waals surface area contributed by atoms with Crippen LogP contribution >= 0.6 is 0 Å². The molecule has 0 unspecified atom stereocenters. The molecule has 0 heterocycles. The first-order chi connectivity index (χ1) is 9.42. The highest BCUT2D eigenvalue weighted by Crippen LogP contribution is 2.24. The lowest BCUT2D eigenvalue weighted by Gasteiger charge is -2.09. The lowest BCUT2D eigenvalue weighted by atomic mass is 9.96. The SMILES string of the molecule is CCCCCc1ccccc1-c1ccccc1.[C-]#N. The van der Waals surface area contributed by atoms with Crippen molar-refractivity contribution in [2.24, 2.45) is 0 Å². The monoisotopic (exact) mass is 250 g/mol. The summed E-state index contributed by atoms with van der Waals surface area (Å²) < 4.78 is 0. The van der Waals surface area contributed by atoms with Crippen LogP contribution in [0.3, 0.4) is 0 Å². The first-order valence-corrected chi connectivity index (χ1v) is 6.77. The molecular formula is C18H20N-. The van der Waals surface area contributed by atoms with Crippen molar-refractivity contribution in [1.82, 2.24) is 0 Å². The maximum absolute atomic E-state index is 6.25. The van der Waals surface area contributed by atoms with Gasteiger partial charge >= 0.3 is 0 Å². The average molecular weight is 250 g/mol. The zero-order valence-electron chi connectivity index (χ0n) is 11.5. The maximum atomic E-state index is 6.25. The molecule has 98 valence electrons. The van der Waals surface area contributed by atoms with Crippen LogP contribution in [0.5, 0.6) is 0 Å². The second kappa shape index (κ2) is 8.94. The minimum atomic E-state index is 1.19. The molecule has 0 amide bonds. The van der Waals surface area contributed by atoms with E-state index in [-0.39, 0.29) is 0 Å². The molecule has 0 saturated heterocycles. The summed E-state index contributed by atoms with van der Waals surface area (Å²) in [5.74, 6) is 0. The van der Waals surface area contributed by atoms with Gasteiger partial charge in [0.15, 0.2) is 0 Å². The van der Waals surface area contributed by atoms with Gasteiger partial charge < -0.3 is 11.8 Å². The number of hydrogen-bond donors (Lipinski definition) is 0. The number of nitrogens with zero attached hydrogens (tertiary/aromatic N) is 1. The molecule has 0 bridgehead atoms. The third-order valence-electron chi connectivity index (χ3n) is 3.15. The molecule has 2 aromatic carbocycles. The van der Waals surface area contributed by atoms with E-state index in [1.54, 1.807) is 0 Å². The Morgan fingerprint density at radius 1 is 0.842 bits per heavy atom. The summed E-state index contributed by atoms with van der Waals surface area (Å²) in [7, 11) is 0. The first-order valence-electron chi connectivity index (χ1n) is 6.77. The standard InChI is InChI=1S/C17H20.CN/c1-2-3-5-10-15-13-8-9-14-17(15)16-11-6-4-7-12-16;1-2/h4,6-9,11-14H,2-3,5,10H2,1H3;/q;-1. The fourth-order valence-electron chi connectivity index (χ4n) is 2.20. The van der Waals surface area contributed by atoms with Crippen molar-refractivity contribution in [2.75, 3.05) is 0 Å². The number of aryl methyl sites for hydroxylation is 1. The normalized spacial score (nSPS) is 9.42. The highest BCUT2D eigenvalue weighted by Gasteiger charge is 2.03. The van der Waals surface area contributed by atoms with Crippen molar-refractivity contribution in [2.45, 2.75) is 32.6 Å². The van der Waals surface area contributed by atoms with Crippen molar-refractivity contribution < 1.29 is 0 Å². The number of rotatable bonds is 5. The summed E-state index contributed by atoms with van der Waals surface area (Å²) >= 11 is 0. The molecule has 0 N–H and O–H groups in total. The van der Waals surface area contributed by atoms with Crippen LogP contribution in [-0.4, -0.2) is 0 Å². The average Bonchev–Trinajstić information content (AvgIpc) is 2.51. The highest BCUT2D eigenvalue weighted by atomic mass is 14.2. The smallest absolute Gasteiger partial charge is 0.0152 e. The van der Waals surface area contributed by atoms with E-state index in [1.165, 1.54) is 42.4 Å². The van der Waals surface area contributed by atoms with Gasteiger partial charge in [0.05, 0.1) is 0 Å². The summed E-state index contributed by atoms with van der Waals surface area (Å²) in [6.45, 7) is 7.00. The number of unbranched alkanes of at least 4 members (excludes halogenated alkanes) is 2. The predicted molar refractivity (Wildman–Crippen MR) is 80.1 cm³/mol. The third kappa shape index (κ3) is 4.60. The van der Waals surface area contributed by atoms with E-state index in [0.29, 0.717) is 0 Å². The lowest BCUT2D eigenvalue weighted by molar-refractivity contribution is 0.718. The van der Waals surface area contributed by atoms with Crippen LogP contribution in [0.15, 0.2) is 54.6 Å². The van der Waals surface area contributed by atoms with Crippen molar-refractivity contribution >= 4 is 0 Å². The summed E-state index contributed by atoms with van der Waals surface area (Å²) in [6, 6.07) is 19.4. The Kier molecular flexibility index (Phi) is 7.05. The molecule has 1 heteroatoms. The number of hydrogen-bond acceptors (Lipinski definition) is 1. The summed E-state index contributed by atoms with van der Waals surface area (Å²) in [6.07, 6.45) is 5.09. The van der Waals surface area contributed by atoms with Gasteiger partial charge in [-0.25, -0.2) is 0 Å². The van der Waals surface area contributed by atoms with Gasteiger partial charge in [-0.1, -0.05) is 74.4 Å². The van der Waals surface area contributed by atoms with Crippen molar-refractivity contribution in [1.29, 1.82) is 5.26 Å². The Bertz CT molecular complexity index is 485. The van der Waals surface area contributed by atoms with Crippen LogP contribution in [0.1, 0.15) is 31.7 Å². The van der Waals surface area contributed by atoms with Gasteiger partial charge in [-0.3, -0.25) is 0 Å². The lowest BCUT2D eigenvalue weighted by Crippen LogP contribution is -1.90. The molecule has 19 heavy (non-hydrogen) atoms. The van der Waals surface area contributed by atoms with E-state index in [0.717, 1.165) is 0 Å². The Balaban J connectivity index is 0.000000861. The topological polar surface area (TPSA) is 23.8 Å². The molecule has 0 aromatic heterocycles. The first kappa shape index (κ1) is 15.0. The molecule has 2 rings (SSSR count). The van der Waals surface area contributed by atoms with Gasteiger partial charge in [0.25, 0.3) is 0 Å². The van der Waals surface area contributed by atoms with Gasteiger partial charge in [0.2, 0.25) is 0 Å². The fraction of sp³-hybridized carbons (Fsp3) is 0.278. The summed E-state index contributed by atoms with van der Waals surface area (Å²) in [5.41, 5.74) is 4.20. The highest BCUT2D eigenvalue weighted by molar-refractivity contribution is 5.67. The minimum Gasteiger partial charge on any atom is -0.512 e. The van der Waals surface area contributed by atoms with Crippen LogP contribution in [0.4, 0.5) is 0 Å². The van der Waals surface area contributed by atoms with Crippen molar-refractivity contribution in [3.8, 4) is 11.1 Å². The molecule has 0 aliphatic heterocycles. The predicted octanol–water partition coefficient (Wildman–Crippen LogP) is 5.18. The molecule has 0 spiro atoms. The maximum Gasteiger partial charge on any atom is -0.0152 e. The molecule has 0 radical (unpaired) electrons.